The van der Waals surface area contributed by atoms with E-state index in [9.17, 15) is 4.79 Å². The van der Waals surface area contributed by atoms with Gasteiger partial charge in [0, 0.05) is 42.0 Å². The van der Waals surface area contributed by atoms with Crippen LogP contribution in [-0.2, 0) is 11.3 Å². The van der Waals surface area contributed by atoms with E-state index in [1.165, 1.54) is 11.1 Å². The van der Waals surface area contributed by atoms with Gasteiger partial charge in [0.25, 0.3) is 0 Å². The lowest BCUT2D eigenvalue weighted by molar-refractivity contribution is -0.116. The molecule has 1 unspecified atom stereocenters. The minimum atomic E-state index is -0.0314. The number of nitrogens with zero attached hydrogens (tertiary/aromatic N) is 2. The van der Waals surface area contributed by atoms with E-state index in [0.717, 1.165) is 39.6 Å². The summed E-state index contributed by atoms with van der Waals surface area (Å²) in [5, 5.41) is 5.38. The Morgan fingerprint density at radius 2 is 1.74 bits per heavy atom. The van der Waals surface area contributed by atoms with Crippen LogP contribution in [-0.4, -0.2) is 15.5 Å². The number of aromatic nitrogens is 2. The second-order valence-electron chi connectivity index (χ2n) is 8.12. The van der Waals surface area contributed by atoms with Crippen molar-refractivity contribution in [3.8, 4) is 0 Å². The Balaban J connectivity index is 1.59. The first kappa shape index (κ1) is 17.9. The van der Waals surface area contributed by atoms with Crippen molar-refractivity contribution in [2.75, 3.05) is 5.32 Å². The summed E-state index contributed by atoms with van der Waals surface area (Å²) in [6.07, 6.45) is 4.50. The van der Waals surface area contributed by atoms with Gasteiger partial charge in [-0.3, -0.25) is 9.78 Å². The van der Waals surface area contributed by atoms with Gasteiger partial charge in [-0.15, -0.1) is 0 Å². The minimum Gasteiger partial charge on any atom is -0.343 e. The van der Waals surface area contributed by atoms with Crippen molar-refractivity contribution in [1.82, 2.24) is 9.55 Å². The molecule has 150 valence electrons. The van der Waals surface area contributed by atoms with Crippen LogP contribution in [0.1, 0.15) is 29.0 Å². The first-order valence-electron chi connectivity index (χ1n) is 10.6. The molecule has 1 aliphatic heterocycles. The Morgan fingerprint density at radius 1 is 0.903 bits per heavy atom. The lowest BCUT2D eigenvalue weighted by Gasteiger charge is -2.16. The van der Waals surface area contributed by atoms with Crippen LogP contribution in [0.15, 0.2) is 91.3 Å². The van der Waals surface area contributed by atoms with Crippen LogP contribution >= 0.6 is 0 Å². The van der Waals surface area contributed by atoms with Crippen molar-refractivity contribution in [2.45, 2.75) is 18.9 Å². The molecular weight excluding hydrogens is 382 g/mol. The molecular formula is C27H21N3O. The van der Waals surface area contributed by atoms with Crippen molar-refractivity contribution < 1.29 is 4.79 Å². The predicted molar refractivity (Wildman–Crippen MR) is 124 cm³/mol. The average Bonchev–Trinajstić information content (AvgIpc) is 3.09. The fraction of sp³-hybridized carbons (Fsp3) is 0.111. The third-order valence-corrected chi connectivity index (χ3v) is 6.23. The molecule has 0 bridgehead atoms. The smallest absolute Gasteiger partial charge is 0.225 e. The highest BCUT2D eigenvalue weighted by Gasteiger charge is 2.29. The highest BCUT2D eigenvalue weighted by Crippen LogP contribution is 2.42. The Kier molecular flexibility index (Phi) is 4.10. The van der Waals surface area contributed by atoms with Gasteiger partial charge >= 0.3 is 0 Å². The van der Waals surface area contributed by atoms with Crippen LogP contribution in [0.4, 0.5) is 5.69 Å². The number of hydrogen-bond acceptors (Lipinski definition) is 2. The zero-order valence-electron chi connectivity index (χ0n) is 17.0. The van der Waals surface area contributed by atoms with Crippen LogP contribution < -0.4 is 5.32 Å². The second kappa shape index (κ2) is 7.10. The zero-order valence-corrected chi connectivity index (χ0v) is 17.0. The summed E-state index contributed by atoms with van der Waals surface area (Å²) in [6.45, 7) is 0.790. The van der Waals surface area contributed by atoms with Crippen molar-refractivity contribution in [2.24, 2.45) is 0 Å². The Morgan fingerprint density at radius 3 is 2.65 bits per heavy atom. The lowest BCUT2D eigenvalue weighted by Crippen LogP contribution is -2.14. The number of hydrogen-bond donors (Lipinski definition) is 1. The summed E-state index contributed by atoms with van der Waals surface area (Å²) in [5.74, 6) is 0.0141. The van der Waals surface area contributed by atoms with E-state index in [4.69, 9.17) is 0 Å². The quantitative estimate of drug-likeness (QED) is 0.419. The van der Waals surface area contributed by atoms with E-state index in [0.29, 0.717) is 6.42 Å². The van der Waals surface area contributed by atoms with Gasteiger partial charge in [0.15, 0.2) is 0 Å². The first-order valence-corrected chi connectivity index (χ1v) is 10.6. The van der Waals surface area contributed by atoms with Gasteiger partial charge in [-0.05, 0) is 41.0 Å². The number of benzene rings is 3. The summed E-state index contributed by atoms with van der Waals surface area (Å²) in [7, 11) is 0. The van der Waals surface area contributed by atoms with E-state index < -0.39 is 0 Å². The maximum absolute atomic E-state index is 12.9. The normalized spacial score (nSPS) is 15.7. The molecule has 31 heavy (non-hydrogen) atoms. The summed E-state index contributed by atoms with van der Waals surface area (Å²) in [6, 6.07) is 26.9. The van der Waals surface area contributed by atoms with E-state index >= 15 is 0 Å². The largest absolute Gasteiger partial charge is 0.343 e. The van der Waals surface area contributed by atoms with E-state index in [2.05, 4.69) is 63.5 Å². The molecule has 0 aliphatic carbocycles. The Hall–Kier alpha value is -3.92. The average molecular weight is 403 g/mol. The Bertz CT molecular complexity index is 1430. The summed E-state index contributed by atoms with van der Waals surface area (Å²) in [4.78, 5) is 17.4. The molecule has 0 saturated carbocycles. The fourth-order valence-electron chi connectivity index (χ4n) is 4.86. The van der Waals surface area contributed by atoms with Gasteiger partial charge in [-0.25, -0.2) is 0 Å². The molecule has 0 saturated heterocycles. The standard InChI is InChI=1S/C27H21N3O/c31-26-15-21(19-13-14-28-23-10-5-4-9-20(19)23)22-17-30(16-18-7-2-1-3-8-18)25-12-6-11-24(29-26)27(22)25/h1-14,17,21H,15-16H2,(H,29,31). The Labute approximate surface area is 180 Å². The van der Waals surface area contributed by atoms with E-state index in [-0.39, 0.29) is 11.8 Å². The van der Waals surface area contributed by atoms with Gasteiger partial charge in [0.05, 0.1) is 16.7 Å². The minimum absolute atomic E-state index is 0.0314. The molecule has 0 radical (unpaired) electrons. The number of carbonyl (C=O) groups is 1. The molecule has 0 fully saturated rings. The van der Waals surface area contributed by atoms with Crippen molar-refractivity contribution in [3.63, 3.8) is 0 Å². The maximum Gasteiger partial charge on any atom is 0.225 e. The van der Waals surface area contributed by atoms with Crippen LogP contribution in [0.2, 0.25) is 0 Å². The van der Waals surface area contributed by atoms with Crippen molar-refractivity contribution in [3.05, 3.63) is 108 Å². The van der Waals surface area contributed by atoms with Crippen molar-refractivity contribution >= 4 is 33.4 Å². The predicted octanol–water partition coefficient (Wildman–Crippen LogP) is 5.71. The highest BCUT2D eigenvalue weighted by molar-refractivity contribution is 6.06. The molecule has 4 heteroatoms. The van der Waals surface area contributed by atoms with E-state index in [1.54, 1.807) is 0 Å². The number of carbonyl (C=O) groups excluding carboxylic acids is 1. The molecule has 1 aliphatic rings. The van der Waals surface area contributed by atoms with Gasteiger partial charge in [0.1, 0.15) is 0 Å². The number of nitrogens with one attached hydrogen (secondary N) is 1. The van der Waals surface area contributed by atoms with Gasteiger partial charge in [-0.1, -0.05) is 54.6 Å². The zero-order chi connectivity index (χ0) is 20.8. The van der Waals surface area contributed by atoms with E-state index in [1.807, 2.05) is 42.6 Å². The van der Waals surface area contributed by atoms with Gasteiger partial charge < -0.3 is 9.88 Å². The number of para-hydroxylation sites is 1. The molecule has 2 aromatic heterocycles. The fourth-order valence-corrected chi connectivity index (χ4v) is 4.86. The summed E-state index contributed by atoms with van der Waals surface area (Å²) in [5.41, 5.74) is 6.58. The number of amides is 1. The third kappa shape index (κ3) is 2.99. The topological polar surface area (TPSA) is 46.9 Å². The molecule has 0 spiro atoms. The number of rotatable bonds is 3. The monoisotopic (exact) mass is 403 g/mol. The number of anilines is 1. The number of pyridine rings is 1. The van der Waals surface area contributed by atoms with Crippen LogP contribution in [0, 0.1) is 0 Å². The molecule has 1 atom stereocenters. The molecule has 1 amide bonds. The summed E-state index contributed by atoms with van der Waals surface area (Å²) < 4.78 is 2.30. The highest BCUT2D eigenvalue weighted by atomic mass is 16.1. The first-order chi connectivity index (χ1) is 15.3. The molecule has 1 N–H and O–H groups in total. The molecule has 6 rings (SSSR count). The third-order valence-electron chi connectivity index (χ3n) is 6.23. The van der Waals surface area contributed by atoms with Gasteiger partial charge in [-0.2, -0.15) is 0 Å². The van der Waals surface area contributed by atoms with Crippen molar-refractivity contribution in [1.29, 1.82) is 0 Å². The SMILES string of the molecule is O=C1CC(c2ccnc3ccccc23)c2cn(Cc3ccccc3)c3cccc(c23)N1. The summed E-state index contributed by atoms with van der Waals surface area (Å²) >= 11 is 0. The van der Waals surface area contributed by atoms with Gasteiger partial charge in [0.2, 0.25) is 5.91 Å². The van der Waals surface area contributed by atoms with Crippen LogP contribution in [0.5, 0.6) is 0 Å². The number of fused-ring (bicyclic) bond motifs is 1. The molecule has 5 aromatic rings. The second-order valence-corrected chi connectivity index (χ2v) is 8.12. The molecule has 3 heterocycles. The molecule has 3 aromatic carbocycles. The van der Waals surface area contributed by atoms with Crippen LogP contribution in [0.25, 0.3) is 21.8 Å². The lowest BCUT2D eigenvalue weighted by atomic mass is 9.87. The maximum atomic E-state index is 12.9. The van der Waals surface area contributed by atoms with Crippen LogP contribution in [0.3, 0.4) is 0 Å². The molecule has 4 nitrogen and oxygen atoms in total.